The van der Waals surface area contributed by atoms with Gasteiger partial charge in [-0.25, -0.2) is 0 Å². The number of hydrogen-bond donors (Lipinski definition) is 0. The molecule has 0 atom stereocenters. The molecule has 9 rings (SSSR count). The molecule has 0 saturated heterocycles. The topological polar surface area (TPSA) is 3.24 Å². The van der Waals surface area contributed by atoms with Crippen LogP contribution in [0, 0.1) is 0 Å². The number of nitrogens with zero attached hydrogens (tertiary/aromatic N) is 1. The van der Waals surface area contributed by atoms with Crippen molar-refractivity contribution in [1.29, 1.82) is 0 Å². The minimum Gasteiger partial charge on any atom is -0.310 e. The summed E-state index contributed by atoms with van der Waals surface area (Å²) in [4.78, 5) is 2.36. The minimum atomic E-state index is 1.10. The van der Waals surface area contributed by atoms with Crippen LogP contribution < -0.4 is 4.90 Å². The third-order valence-electron chi connectivity index (χ3n) is 10.1. The van der Waals surface area contributed by atoms with Gasteiger partial charge in [-0.05, 0) is 115 Å². The first-order valence-electron chi connectivity index (χ1n) is 18.2. The lowest BCUT2D eigenvalue weighted by Crippen LogP contribution is -2.10. The van der Waals surface area contributed by atoms with Crippen LogP contribution in [0.25, 0.3) is 66.4 Å². The summed E-state index contributed by atoms with van der Waals surface area (Å²) in [5, 5.41) is 2.49. The van der Waals surface area contributed by atoms with Crippen molar-refractivity contribution < 1.29 is 0 Å². The lowest BCUT2D eigenvalue weighted by molar-refractivity contribution is 1.28. The summed E-state index contributed by atoms with van der Waals surface area (Å²) in [5.41, 5.74) is 15.3. The zero-order valence-corrected chi connectivity index (χ0v) is 29.3. The van der Waals surface area contributed by atoms with Crippen LogP contribution in [-0.2, 0) is 0 Å². The van der Waals surface area contributed by atoms with Gasteiger partial charge in [-0.1, -0.05) is 176 Å². The largest absolute Gasteiger partial charge is 0.310 e. The van der Waals surface area contributed by atoms with Gasteiger partial charge >= 0.3 is 0 Å². The van der Waals surface area contributed by atoms with E-state index in [1.165, 1.54) is 66.4 Å². The second-order valence-electron chi connectivity index (χ2n) is 13.4. The van der Waals surface area contributed by atoms with E-state index in [1.54, 1.807) is 0 Å². The van der Waals surface area contributed by atoms with E-state index < -0.39 is 0 Å². The quantitative estimate of drug-likeness (QED) is 0.155. The van der Waals surface area contributed by atoms with Gasteiger partial charge < -0.3 is 4.90 Å². The molecule has 1 nitrogen and oxygen atoms in total. The molecule has 0 amide bonds. The monoisotopic (exact) mass is 675 g/mol. The van der Waals surface area contributed by atoms with Crippen molar-refractivity contribution in [2.24, 2.45) is 0 Å². The van der Waals surface area contributed by atoms with Crippen molar-refractivity contribution in [3.63, 3.8) is 0 Å². The number of benzene rings is 9. The van der Waals surface area contributed by atoms with Crippen LogP contribution in [0.15, 0.2) is 224 Å². The Hall–Kier alpha value is -6.96. The molecule has 0 aliphatic carbocycles. The van der Waals surface area contributed by atoms with E-state index in [1.807, 2.05) is 0 Å². The highest BCUT2D eigenvalue weighted by Gasteiger charge is 2.15. The molecule has 9 aromatic rings. The molecular formula is C52H37N. The van der Waals surface area contributed by atoms with Gasteiger partial charge in [0.2, 0.25) is 0 Å². The Kier molecular flexibility index (Phi) is 8.66. The van der Waals surface area contributed by atoms with E-state index in [4.69, 9.17) is 0 Å². The fourth-order valence-electron chi connectivity index (χ4n) is 7.24. The SMILES string of the molecule is c1ccc(-c2ccc(-c3ccc(N(c4ccc(-c5cccc(-c6ccccc6)c5)cc4)c4cccc(-c5ccc6ccccc6c5)c4)cc3)cc2)cc1. The maximum atomic E-state index is 2.36. The zero-order valence-electron chi connectivity index (χ0n) is 29.3. The van der Waals surface area contributed by atoms with Crippen molar-refractivity contribution in [1.82, 2.24) is 0 Å². The number of rotatable bonds is 8. The van der Waals surface area contributed by atoms with Crippen molar-refractivity contribution in [3.8, 4) is 55.6 Å². The van der Waals surface area contributed by atoms with Gasteiger partial charge in [0.15, 0.2) is 0 Å². The minimum absolute atomic E-state index is 1.10. The molecule has 0 aromatic heterocycles. The second-order valence-corrected chi connectivity index (χ2v) is 13.4. The van der Waals surface area contributed by atoms with E-state index in [2.05, 4.69) is 229 Å². The van der Waals surface area contributed by atoms with Crippen molar-refractivity contribution in [2.45, 2.75) is 0 Å². The van der Waals surface area contributed by atoms with Gasteiger partial charge in [0.1, 0.15) is 0 Å². The summed E-state index contributed by atoms with van der Waals surface area (Å²) >= 11 is 0. The van der Waals surface area contributed by atoms with Crippen molar-refractivity contribution >= 4 is 27.8 Å². The number of hydrogen-bond acceptors (Lipinski definition) is 1. The van der Waals surface area contributed by atoms with Gasteiger partial charge in [0.05, 0.1) is 0 Å². The molecule has 0 saturated carbocycles. The second kappa shape index (κ2) is 14.3. The van der Waals surface area contributed by atoms with Crippen molar-refractivity contribution in [2.75, 3.05) is 4.90 Å². The molecule has 0 unspecified atom stereocenters. The van der Waals surface area contributed by atoms with Crippen LogP contribution in [0.2, 0.25) is 0 Å². The predicted octanol–water partition coefficient (Wildman–Crippen LogP) is 14.6. The van der Waals surface area contributed by atoms with Gasteiger partial charge in [-0.3, -0.25) is 0 Å². The Bertz CT molecular complexity index is 2620. The van der Waals surface area contributed by atoms with Gasteiger partial charge in [-0.2, -0.15) is 0 Å². The summed E-state index contributed by atoms with van der Waals surface area (Å²) in [6.45, 7) is 0. The molecule has 1 heteroatoms. The third-order valence-corrected chi connectivity index (χ3v) is 10.1. The van der Waals surface area contributed by atoms with E-state index in [-0.39, 0.29) is 0 Å². The Labute approximate surface area is 311 Å². The normalized spacial score (nSPS) is 11.0. The van der Waals surface area contributed by atoms with Gasteiger partial charge in [-0.15, -0.1) is 0 Å². The Morgan fingerprint density at radius 3 is 1.11 bits per heavy atom. The van der Waals surface area contributed by atoms with Gasteiger partial charge in [0.25, 0.3) is 0 Å². The molecule has 0 aliphatic heterocycles. The molecule has 0 heterocycles. The van der Waals surface area contributed by atoms with Crippen LogP contribution in [0.3, 0.4) is 0 Å². The predicted molar refractivity (Wildman–Crippen MR) is 226 cm³/mol. The number of fused-ring (bicyclic) bond motifs is 1. The average Bonchev–Trinajstić information content (AvgIpc) is 3.25. The maximum absolute atomic E-state index is 2.36. The van der Waals surface area contributed by atoms with E-state index in [0.29, 0.717) is 0 Å². The standard InChI is InChI=1S/C52H37N/c1-3-11-38(12-4-1)41-21-23-42(24-22-41)43-27-31-50(32-28-43)53(52-20-10-19-48(37-52)49-26-25-40-15-7-8-16-45(40)36-49)51-33-29-44(30-34-51)47-18-9-17-46(35-47)39-13-5-2-6-14-39/h1-37H. The maximum Gasteiger partial charge on any atom is 0.0467 e. The highest BCUT2D eigenvalue weighted by molar-refractivity contribution is 5.89. The zero-order chi connectivity index (χ0) is 35.4. The lowest BCUT2D eigenvalue weighted by atomic mass is 9.98. The molecule has 0 radical (unpaired) electrons. The molecule has 0 bridgehead atoms. The molecule has 0 fully saturated rings. The molecule has 0 spiro atoms. The van der Waals surface area contributed by atoms with Crippen LogP contribution in [0.5, 0.6) is 0 Å². The molecule has 9 aromatic carbocycles. The van der Waals surface area contributed by atoms with Crippen LogP contribution in [0.1, 0.15) is 0 Å². The lowest BCUT2D eigenvalue weighted by Gasteiger charge is -2.26. The van der Waals surface area contributed by atoms with Crippen LogP contribution >= 0.6 is 0 Å². The third kappa shape index (κ3) is 6.77. The number of anilines is 3. The smallest absolute Gasteiger partial charge is 0.0467 e. The Morgan fingerprint density at radius 1 is 0.189 bits per heavy atom. The van der Waals surface area contributed by atoms with E-state index >= 15 is 0 Å². The molecule has 250 valence electrons. The molecular weight excluding hydrogens is 639 g/mol. The molecule has 0 N–H and O–H groups in total. The fraction of sp³-hybridized carbons (Fsp3) is 0. The Balaban J connectivity index is 1.08. The first kappa shape index (κ1) is 32.0. The highest BCUT2D eigenvalue weighted by Crippen LogP contribution is 2.39. The first-order chi connectivity index (χ1) is 26.2. The van der Waals surface area contributed by atoms with Crippen molar-refractivity contribution in [3.05, 3.63) is 224 Å². The van der Waals surface area contributed by atoms with Crippen LogP contribution in [-0.4, -0.2) is 0 Å². The van der Waals surface area contributed by atoms with E-state index in [0.717, 1.165) is 17.1 Å². The van der Waals surface area contributed by atoms with Gasteiger partial charge in [0, 0.05) is 17.1 Å². The summed E-state index contributed by atoms with van der Waals surface area (Å²) < 4.78 is 0. The molecule has 53 heavy (non-hydrogen) atoms. The highest BCUT2D eigenvalue weighted by atomic mass is 15.1. The van der Waals surface area contributed by atoms with E-state index in [9.17, 15) is 0 Å². The fourth-order valence-corrected chi connectivity index (χ4v) is 7.24. The summed E-state index contributed by atoms with van der Waals surface area (Å²) in [6.07, 6.45) is 0. The first-order valence-corrected chi connectivity index (χ1v) is 18.2. The summed E-state index contributed by atoms with van der Waals surface area (Å²) in [7, 11) is 0. The Morgan fingerprint density at radius 2 is 0.547 bits per heavy atom. The van der Waals surface area contributed by atoms with Crippen LogP contribution in [0.4, 0.5) is 17.1 Å². The summed E-state index contributed by atoms with van der Waals surface area (Å²) in [5.74, 6) is 0. The molecule has 0 aliphatic rings. The summed E-state index contributed by atoms with van der Waals surface area (Å²) in [6, 6.07) is 80.8. The average molecular weight is 676 g/mol.